The number of rotatable bonds is 3. The Kier molecular flexibility index (Phi) is 2.94. The fourth-order valence-electron chi connectivity index (χ4n) is 1.89. The molecule has 0 atom stereocenters. The second kappa shape index (κ2) is 4.76. The molecule has 1 aromatic carbocycles. The Hall–Kier alpha value is -2.70. The molecule has 2 aromatic heterocycles. The molecular formula is C13H10F2N4O. The van der Waals surface area contributed by atoms with Gasteiger partial charge in [-0.25, -0.2) is 0 Å². The van der Waals surface area contributed by atoms with Crippen molar-refractivity contribution in [2.75, 3.05) is 5.73 Å². The first-order chi connectivity index (χ1) is 9.63. The molecule has 0 aliphatic carbocycles. The fraction of sp³-hybridized carbons (Fsp3) is 0.0769. The average Bonchev–Trinajstić information content (AvgIpc) is 2.82. The molecule has 102 valence electrons. The summed E-state index contributed by atoms with van der Waals surface area (Å²) in [6.07, 6.45) is 1.70. The summed E-state index contributed by atoms with van der Waals surface area (Å²) in [6, 6.07) is 9.66. The SMILES string of the molecule is Nc1ccc2nnc(-c3ccc(OC(F)F)cc3)n2c1. The van der Waals surface area contributed by atoms with E-state index in [2.05, 4.69) is 14.9 Å². The van der Waals surface area contributed by atoms with Crippen LogP contribution in [0.3, 0.4) is 0 Å². The number of hydrogen-bond acceptors (Lipinski definition) is 4. The molecule has 0 aliphatic rings. The largest absolute Gasteiger partial charge is 0.435 e. The molecule has 3 rings (SSSR count). The van der Waals surface area contributed by atoms with Crippen molar-refractivity contribution >= 4 is 11.3 Å². The van der Waals surface area contributed by atoms with E-state index < -0.39 is 6.61 Å². The van der Waals surface area contributed by atoms with Crippen LogP contribution in [0.25, 0.3) is 17.0 Å². The van der Waals surface area contributed by atoms with Gasteiger partial charge in [-0.1, -0.05) is 0 Å². The minimum atomic E-state index is -2.84. The third kappa shape index (κ3) is 2.25. The van der Waals surface area contributed by atoms with Crippen LogP contribution in [0.2, 0.25) is 0 Å². The topological polar surface area (TPSA) is 65.4 Å². The summed E-state index contributed by atoms with van der Waals surface area (Å²) in [6.45, 7) is -2.84. The van der Waals surface area contributed by atoms with Gasteiger partial charge >= 0.3 is 6.61 Å². The highest BCUT2D eigenvalue weighted by Gasteiger charge is 2.09. The summed E-state index contributed by atoms with van der Waals surface area (Å²) in [7, 11) is 0. The smallest absolute Gasteiger partial charge is 0.387 e. The number of nitrogens with zero attached hydrogens (tertiary/aromatic N) is 3. The summed E-state index contributed by atoms with van der Waals surface area (Å²) >= 11 is 0. The maximum Gasteiger partial charge on any atom is 0.387 e. The second-order valence-corrected chi connectivity index (χ2v) is 4.12. The van der Waals surface area contributed by atoms with Gasteiger partial charge in [0.1, 0.15) is 5.75 Å². The number of nitrogens with two attached hydrogens (primary N) is 1. The van der Waals surface area contributed by atoms with Crippen LogP contribution < -0.4 is 10.5 Å². The van der Waals surface area contributed by atoms with Crippen LogP contribution >= 0.6 is 0 Å². The number of pyridine rings is 1. The number of nitrogen functional groups attached to an aromatic ring is 1. The third-order valence-corrected chi connectivity index (χ3v) is 2.76. The zero-order chi connectivity index (χ0) is 14.1. The Morgan fingerprint density at radius 3 is 2.50 bits per heavy atom. The molecule has 0 saturated heterocycles. The van der Waals surface area contributed by atoms with Gasteiger partial charge in [0.25, 0.3) is 0 Å². The number of aromatic nitrogens is 3. The molecule has 0 saturated carbocycles. The van der Waals surface area contributed by atoms with E-state index in [1.54, 1.807) is 34.9 Å². The quantitative estimate of drug-likeness (QED) is 0.798. The molecule has 0 fully saturated rings. The van der Waals surface area contributed by atoms with E-state index >= 15 is 0 Å². The van der Waals surface area contributed by atoms with Crippen LogP contribution in [0, 0.1) is 0 Å². The van der Waals surface area contributed by atoms with Gasteiger partial charge in [0, 0.05) is 17.4 Å². The lowest BCUT2D eigenvalue weighted by Gasteiger charge is -2.05. The Balaban J connectivity index is 2.00. The van der Waals surface area contributed by atoms with Gasteiger partial charge in [-0.3, -0.25) is 4.40 Å². The van der Waals surface area contributed by atoms with Crippen molar-refractivity contribution in [3.8, 4) is 17.1 Å². The first-order valence-corrected chi connectivity index (χ1v) is 5.79. The molecule has 2 N–H and O–H groups in total. The normalized spacial score (nSPS) is 11.2. The number of alkyl halides is 2. The van der Waals surface area contributed by atoms with Crippen molar-refractivity contribution < 1.29 is 13.5 Å². The molecule has 0 spiro atoms. The first kappa shape index (κ1) is 12.3. The van der Waals surface area contributed by atoms with Gasteiger partial charge < -0.3 is 10.5 Å². The standard InChI is InChI=1S/C13H10F2N4O/c14-13(15)20-10-4-1-8(2-5-10)12-18-17-11-6-3-9(16)7-19(11)12/h1-7,13H,16H2. The minimum Gasteiger partial charge on any atom is -0.435 e. The number of anilines is 1. The van der Waals surface area contributed by atoms with Crippen LogP contribution in [-0.2, 0) is 0 Å². The van der Waals surface area contributed by atoms with Gasteiger partial charge in [-0.2, -0.15) is 8.78 Å². The van der Waals surface area contributed by atoms with E-state index in [-0.39, 0.29) is 5.75 Å². The highest BCUT2D eigenvalue weighted by molar-refractivity contribution is 5.61. The molecule has 0 unspecified atom stereocenters. The van der Waals surface area contributed by atoms with Crippen LogP contribution in [0.5, 0.6) is 5.75 Å². The van der Waals surface area contributed by atoms with Crippen LogP contribution in [0.4, 0.5) is 14.5 Å². The summed E-state index contributed by atoms with van der Waals surface area (Å²) in [4.78, 5) is 0. The summed E-state index contributed by atoms with van der Waals surface area (Å²) in [5.74, 6) is 0.674. The zero-order valence-electron chi connectivity index (χ0n) is 10.2. The highest BCUT2D eigenvalue weighted by Crippen LogP contribution is 2.23. The number of halogens is 2. The predicted molar refractivity (Wildman–Crippen MR) is 69.5 cm³/mol. The van der Waals surface area contributed by atoms with Crippen molar-refractivity contribution in [2.24, 2.45) is 0 Å². The fourth-order valence-corrected chi connectivity index (χ4v) is 1.89. The Morgan fingerprint density at radius 2 is 1.80 bits per heavy atom. The third-order valence-electron chi connectivity index (χ3n) is 2.76. The van der Waals surface area contributed by atoms with Crippen molar-refractivity contribution in [3.05, 3.63) is 42.6 Å². The van der Waals surface area contributed by atoms with Gasteiger partial charge in [-0.05, 0) is 36.4 Å². The van der Waals surface area contributed by atoms with Crippen LogP contribution in [-0.4, -0.2) is 21.2 Å². The summed E-state index contributed by atoms with van der Waals surface area (Å²) in [5, 5.41) is 8.08. The van der Waals surface area contributed by atoms with Crippen molar-refractivity contribution in [1.82, 2.24) is 14.6 Å². The summed E-state index contributed by atoms with van der Waals surface area (Å²) < 4.78 is 30.2. The van der Waals surface area contributed by atoms with E-state index in [0.717, 1.165) is 5.56 Å². The van der Waals surface area contributed by atoms with Crippen molar-refractivity contribution in [3.63, 3.8) is 0 Å². The van der Waals surface area contributed by atoms with Crippen LogP contribution in [0.1, 0.15) is 0 Å². The molecular weight excluding hydrogens is 266 g/mol. The molecule has 0 aliphatic heterocycles. The van der Waals surface area contributed by atoms with Crippen LogP contribution in [0.15, 0.2) is 42.6 Å². The monoisotopic (exact) mass is 276 g/mol. The van der Waals surface area contributed by atoms with E-state index in [1.807, 2.05) is 0 Å². The molecule has 0 bridgehead atoms. The molecule has 3 aromatic rings. The maximum atomic E-state index is 12.1. The van der Waals surface area contributed by atoms with E-state index in [1.165, 1.54) is 12.1 Å². The number of ether oxygens (including phenoxy) is 1. The number of hydrogen-bond donors (Lipinski definition) is 1. The van der Waals surface area contributed by atoms with Crippen molar-refractivity contribution in [1.29, 1.82) is 0 Å². The average molecular weight is 276 g/mol. The Labute approximate surface area is 112 Å². The van der Waals surface area contributed by atoms with E-state index in [4.69, 9.17) is 5.73 Å². The molecule has 2 heterocycles. The van der Waals surface area contributed by atoms with Crippen molar-refractivity contribution in [2.45, 2.75) is 6.61 Å². The minimum absolute atomic E-state index is 0.0945. The highest BCUT2D eigenvalue weighted by atomic mass is 19.3. The lowest BCUT2D eigenvalue weighted by atomic mass is 10.2. The van der Waals surface area contributed by atoms with Gasteiger partial charge in [0.05, 0.1) is 0 Å². The second-order valence-electron chi connectivity index (χ2n) is 4.12. The molecule has 0 radical (unpaired) electrons. The van der Waals surface area contributed by atoms with E-state index in [9.17, 15) is 8.78 Å². The molecule has 20 heavy (non-hydrogen) atoms. The number of benzene rings is 1. The molecule has 5 nitrogen and oxygen atoms in total. The molecule has 7 heteroatoms. The summed E-state index contributed by atoms with van der Waals surface area (Å²) in [5.41, 5.74) is 7.69. The van der Waals surface area contributed by atoms with Gasteiger partial charge in [0.2, 0.25) is 0 Å². The number of fused-ring (bicyclic) bond motifs is 1. The van der Waals surface area contributed by atoms with Gasteiger partial charge in [-0.15, -0.1) is 10.2 Å². The lowest BCUT2D eigenvalue weighted by Crippen LogP contribution is -2.01. The zero-order valence-corrected chi connectivity index (χ0v) is 10.2. The lowest BCUT2D eigenvalue weighted by molar-refractivity contribution is -0.0498. The first-order valence-electron chi connectivity index (χ1n) is 5.79. The Bertz CT molecular complexity index is 740. The van der Waals surface area contributed by atoms with Gasteiger partial charge in [0.15, 0.2) is 11.5 Å². The van der Waals surface area contributed by atoms with E-state index in [0.29, 0.717) is 17.2 Å². The maximum absolute atomic E-state index is 12.1. The Morgan fingerprint density at radius 1 is 1.05 bits per heavy atom. The molecule has 0 amide bonds. The predicted octanol–water partition coefficient (Wildman–Crippen LogP) is 2.58.